The largest absolute Gasteiger partial charge is 0.493 e. The molecule has 176 valence electrons. The third-order valence-corrected chi connectivity index (χ3v) is 7.06. The van der Waals surface area contributed by atoms with Gasteiger partial charge in [-0.1, -0.05) is 13.8 Å². The van der Waals surface area contributed by atoms with Gasteiger partial charge in [-0.3, -0.25) is 4.79 Å². The first-order chi connectivity index (χ1) is 15.7. The van der Waals surface area contributed by atoms with E-state index < -0.39 is 9.84 Å². The first kappa shape index (κ1) is 24.5. The third kappa shape index (κ3) is 6.24. The van der Waals surface area contributed by atoms with Gasteiger partial charge in [0.2, 0.25) is 5.56 Å². The molecule has 3 rings (SSSR count). The Labute approximate surface area is 194 Å². The van der Waals surface area contributed by atoms with Crippen LogP contribution in [-0.4, -0.2) is 31.9 Å². The van der Waals surface area contributed by atoms with E-state index in [2.05, 4.69) is 6.92 Å². The van der Waals surface area contributed by atoms with Gasteiger partial charge in [-0.25, -0.2) is 8.42 Å². The summed E-state index contributed by atoms with van der Waals surface area (Å²) in [6.45, 7) is 4.91. The van der Waals surface area contributed by atoms with Crippen LogP contribution in [-0.2, 0) is 16.9 Å². The maximum absolute atomic E-state index is 12.4. The van der Waals surface area contributed by atoms with Crippen molar-refractivity contribution in [3.63, 3.8) is 0 Å². The van der Waals surface area contributed by atoms with E-state index in [1.54, 1.807) is 50.5 Å². The Bertz CT molecular complexity index is 1250. The van der Waals surface area contributed by atoms with Crippen LogP contribution in [0.4, 0.5) is 0 Å². The van der Waals surface area contributed by atoms with Gasteiger partial charge in [-0.05, 0) is 67.4 Å². The van der Waals surface area contributed by atoms with E-state index in [0.717, 1.165) is 12.2 Å². The highest BCUT2D eigenvalue weighted by atomic mass is 32.2. The second-order valence-electron chi connectivity index (χ2n) is 8.00. The van der Waals surface area contributed by atoms with Crippen molar-refractivity contribution in [3.05, 3.63) is 71.1 Å². The van der Waals surface area contributed by atoms with Gasteiger partial charge in [-0.2, -0.15) is 0 Å². The molecule has 0 bridgehead atoms. The van der Waals surface area contributed by atoms with Crippen molar-refractivity contribution in [1.29, 1.82) is 0 Å². The molecule has 7 nitrogen and oxygen atoms in total. The fraction of sp³-hybridized carbons (Fsp3) is 0.320. The zero-order valence-corrected chi connectivity index (χ0v) is 20.0. The summed E-state index contributed by atoms with van der Waals surface area (Å²) in [6.07, 6.45) is 2.56. The Morgan fingerprint density at radius 2 is 1.73 bits per heavy atom. The lowest BCUT2D eigenvalue weighted by atomic mass is 10.1. The number of nitrogens with two attached hydrogens (primary N) is 1. The molecule has 0 spiro atoms. The Hall–Kier alpha value is -3.10. The van der Waals surface area contributed by atoms with Crippen LogP contribution in [0.2, 0.25) is 0 Å². The smallest absolute Gasteiger partial charge is 0.250 e. The van der Waals surface area contributed by atoms with Gasteiger partial charge in [0.05, 0.1) is 17.3 Å². The fourth-order valence-corrected chi connectivity index (χ4v) is 4.18. The highest BCUT2D eigenvalue weighted by Crippen LogP contribution is 2.35. The first-order valence-electron chi connectivity index (χ1n) is 10.9. The van der Waals surface area contributed by atoms with Gasteiger partial charge in [0.1, 0.15) is 17.2 Å². The Morgan fingerprint density at radius 3 is 2.36 bits per heavy atom. The summed E-state index contributed by atoms with van der Waals surface area (Å²) in [5.74, 6) is 2.15. The van der Waals surface area contributed by atoms with E-state index in [1.165, 1.54) is 16.7 Å². The van der Waals surface area contributed by atoms with Crippen LogP contribution in [0.15, 0.2) is 70.5 Å². The van der Waals surface area contributed by atoms with E-state index >= 15 is 0 Å². The molecule has 0 aliphatic rings. The van der Waals surface area contributed by atoms with Crippen LogP contribution >= 0.6 is 0 Å². The SMILES string of the molecule is CCS(=O)(=O)c1ccc(Oc2ccc(OCC(C)CCN)cc2)c(-c2ccc(=O)n(C)c2)c1. The Balaban J connectivity index is 1.90. The monoisotopic (exact) mass is 470 g/mol. The lowest BCUT2D eigenvalue weighted by Crippen LogP contribution is -2.14. The van der Waals surface area contributed by atoms with Gasteiger partial charge < -0.3 is 19.8 Å². The standard InChI is InChI=1S/C25H30N2O5S/c1-4-33(29,30)22-10-11-24(23(15-22)19-5-12-25(28)27(3)16-19)32-21-8-6-20(7-9-21)31-17-18(2)13-14-26/h5-12,15-16,18H,4,13-14,17,26H2,1-3H3. The van der Waals surface area contributed by atoms with Gasteiger partial charge in [0, 0.05) is 30.4 Å². The van der Waals surface area contributed by atoms with Crippen LogP contribution in [0.25, 0.3) is 11.1 Å². The quantitative estimate of drug-likeness (QED) is 0.481. The number of sulfone groups is 1. The molecule has 2 N–H and O–H groups in total. The molecule has 0 aliphatic carbocycles. The molecule has 0 saturated heterocycles. The molecule has 0 radical (unpaired) electrons. The number of nitrogens with zero attached hydrogens (tertiary/aromatic N) is 1. The minimum atomic E-state index is -3.41. The molecule has 3 aromatic rings. The fourth-order valence-electron chi connectivity index (χ4n) is 3.27. The first-order valence-corrected chi connectivity index (χ1v) is 12.5. The highest BCUT2D eigenvalue weighted by molar-refractivity contribution is 7.91. The van der Waals surface area contributed by atoms with Crippen molar-refractivity contribution in [2.45, 2.75) is 25.2 Å². The molecule has 8 heteroatoms. The summed E-state index contributed by atoms with van der Waals surface area (Å²) >= 11 is 0. The number of aryl methyl sites for hydroxylation is 1. The molecule has 1 unspecified atom stereocenters. The number of ether oxygens (including phenoxy) is 2. The van der Waals surface area contributed by atoms with Crippen LogP contribution in [0, 0.1) is 5.92 Å². The van der Waals surface area contributed by atoms with E-state index in [1.807, 2.05) is 12.1 Å². The molecule has 1 atom stereocenters. The molecule has 33 heavy (non-hydrogen) atoms. The summed E-state index contributed by atoms with van der Waals surface area (Å²) in [7, 11) is -1.76. The molecular formula is C25H30N2O5S. The number of aromatic nitrogens is 1. The number of rotatable bonds is 10. The summed E-state index contributed by atoms with van der Waals surface area (Å²) in [4.78, 5) is 12.0. The lowest BCUT2D eigenvalue weighted by Gasteiger charge is -2.15. The van der Waals surface area contributed by atoms with Crippen LogP contribution in [0.1, 0.15) is 20.3 Å². The molecule has 0 amide bonds. The minimum absolute atomic E-state index is 0.00865. The van der Waals surface area contributed by atoms with E-state index in [4.69, 9.17) is 15.2 Å². The second kappa shape index (κ2) is 10.7. The third-order valence-electron chi connectivity index (χ3n) is 5.33. The predicted molar refractivity (Wildman–Crippen MR) is 130 cm³/mol. The summed E-state index contributed by atoms with van der Waals surface area (Å²) in [5, 5.41) is 0. The Morgan fingerprint density at radius 1 is 1.03 bits per heavy atom. The molecular weight excluding hydrogens is 440 g/mol. The summed E-state index contributed by atoms with van der Waals surface area (Å²) in [5.41, 5.74) is 6.68. The molecule has 1 aromatic heterocycles. The maximum atomic E-state index is 12.4. The molecule has 0 fully saturated rings. The number of hydrogen-bond donors (Lipinski definition) is 1. The second-order valence-corrected chi connectivity index (χ2v) is 10.3. The number of pyridine rings is 1. The Kier molecular flexibility index (Phi) is 7.94. The van der Waals surface area contributed by atoms with Crippen molar-refractivity contribution in [3.8, 4) is 28.4 Å². The predicted octanol–water partition coefficient (Wildman–Crippen LogP) is 4.00. The zero-order valence-electron chi connectivity index (χ0n) is 19.2. The average molecular weight is 471 g/mol. The van der Waals surface area contributed by atoms with E-state index in [0.29, 0.717) is 41.7 Å². The molecule has 0 aliphatic heterocycles. The van der Waals surface area contributed by atoms with Crippen LogP contribution in [0.3, 0.4) is 0 Å². The normalized spacial score (nSPS) is 12.4. The van der Waals surface area contributed by atoms with Crippen LogP contribution in [0.5, 0.6) is 17.2 Å². The van der Waals surface area contributed by atoms with Gasteiger partial charge in [-0.15, -0.1) is 0 Å². The topological polar surface area (TPSA) is 101 Å². The highest BCUT2D eigenvalue weighted by Gasteiger charge is 2.17. The van der Waals surface area contributed by atoms with Crippen molar-refractivity contribution in [2.75, 3.05) is 18.9 Å². The van der Waals surface area contributed by atoms with Crippen LogP contribution < -0.4 is 20.8 Å². The lowest BCUT2D eigenvalue weighted by molar-refractivity contribution is 0.254. The van der Waals surface area contributed by atoms with E-state index in [-0.39, 0.29) is 16.2 Å². The maximum Gasteiger partial charge on any atom is 0.250 e. The molecule has 0 saturated carbocycles. The van der Waals surface area contributed by atoms with Crippen molar-refractivity contribution < 1.29 is 17.9 Å². The zero-order chi connectivity index (χ0) is 24.0. The summed E-state index contributed by atoms with van der Waals surface area (Å²) < 4.78 is 38.2. The minimum Gasteiger partial charge on any atom is -0.493 e. The molecule has 1 heterocycles. The van der Waals surface area contributed by atoms with Crippen molar-refractivity contribution in [2.24, 2.45) is 18.7 Å². The van der Waals surface area contributed by atoms with Crippen molar-refractivity contribution in [1.82, 2.24) is 4.57 Å². The number of hydrogen-bond acceptors (Lipinski definition) is 6. The summed E-state index contributed by atoms with van der Waals surface area (Å²) in [6, 6.07) is 15.1. The van der Waals surface area contributed by atoms with Gasteiger partial charge >= 0.3 is 0 Å². The van der Waals surface area contributed by atoms with Gasteiger partial charge in [0.15, 0.2) is 9.84 Å². The molecule has 2 aromatic carbocycles. The van der Waals surface area contributed by atoms with Gasteiger partial charge in [0.25, 0.3) is 0 Å². The number of benzene rings is 2. The van der Waals surface area contributed by atoms with E-state index in [9.17, 15) is 13.2 Å². The average Bonchev–Trinajstić information content (AvgIpc) is 2.81. The van der Waals surface area contributed by atoms with Crippen molar-refractivity contribution >= 4 is 9.84 Å².